The van der Waals surface area contributed by atoms with Gasteiger partial charge in [-0.25, -0.2) is 0 Å². The molecule has 2 amide bonds. The van der Waals surface area contributed by atoms with Crippen molar-refractivity contribution >= 4 is 28.2 Å². The second-order valence-corrected chi connectivity index (χ2v) is 8.37. The Labute approximate surface area is 136 Å². The fraction of sp³-hybridized carbons (Fsp3) is 0.647. The Balaban J connectivity index is 2.12. The number of aryl methyl sites for hydroxylation is 1. The summed E-state index contributed by atoms with van der Waals surface area (Å²) in [6.45, 7) is 9.66. The molecular weight excluding hydrogens is 296 g/mol. The van der Waals surface area contributed by atoms with Gasteiger partial charge in [-0.05, 0) is 44.2 Å². The number of hydrogen-bond acceptors (Lipinski definition) is 3. The second kappa shape index (κ2) is 6.03. The first-order valence-electron chi connectivity index (χ1n) is 7.80. The predicted octanol–water partition coefficient (Wildman–Crippen LogP) is 3.91. The average molecular weight is 322 g/mol. The Morgan fingerprint density at radius 1 is 1.36 bits per heavy atom. The van der Waals surface area contributed by atoms with Crippen LogP contribution >= 0.6 is 11.3 Å². The maximum atomic E-state index is 12.7. The quantitative estimate of drug-likeness (QED) is 0.913. The first-order chi connectivity index (χ1) is 10.1. The van der Waals surface area contributed by atoms with Crippen molar-refractivity contribution in [3.8, 4) is 0 Å². The fourth-order valence-corrected chi connectivity index (χ4v) is 3.35. The van der Waals surface area contributed by atoms with Crippen molar-refractivity contribution in [2.45, 2.75) is 53.5 Å². The zero-order chi connectivity index (χ0) is 16.7. The summed E-state index contributed by atoms with van der Waals surface area (Å²) in [6, 6.07) is 2.17. The Kier molecular flexibility index (Phi) is 4.66. The molecule has 1 fully saturated rings. The maximum absolute atomic E-state index is 12.7. The number of carbonyl (C=O) groups excluding carboxylic acids is 2. The molecule has 0 radical (unpaired) electrons. The van der Waals surface area contributed by atoms with Crippen molar-refractivity contribution < 1.29 is 9.59 Å². The van der Waals surface area contributed by atoms with Crippen LogP contribution in [0.5, 0.6) is 0 Å². The van der Waals surface area contributed by atoms with E-state index in [1.54, 1.807) is 0 Å². The third-order valence-corrected chi connectivity index (χ3v) is 5.41. The van der Waals surface area contributed by atoms with Crippen LogP contribution in [0.25, 0.3) is 0 Å². The third kappa shape index (κ3) is 3.69. The molecule has 122 valence electrons. The standard InChI is InChI=1S/C17H26N2O2S/c1-10-9-13(18-16(21)17(3,4)5)22-14(10)15(20)19(6)11(2)12-7-8-12/h9,11-12H,7-8H2,1-6H3,(H,18,21). The first-order valence-corrected chi connectivity index (χ1v) is 8.62. The van der Waals surface area contributed by atoms with Crippen molar-refractivity contribution in [1.29, 1.82) is 0 Å². The van der Waals surface area contributed by atoms with Crippen LogP contribution in [-0.4, -0.2) is 29.8 Å². The smallest absolute Gasteiger partial charge is 0.264 e. The van der Waals surface area contributed by atoms with E-state index in [4.69, 9.17) is 0 Å². The highest BCUT2D eigenvalue weighted by Crippen LogP contribution is 2.36. The topological polar surface area (TPSA) is 49.4 Å². The van der Waals surface area contributed by atoms with Gasteiger partial charge in [-0.3, -0.25) is 9.59 Å². The zero-order valence-corrected chi connectivity index (χ0v) is 15.1. The highest BCUT2D eigenvalue weighted by molar-refractivity contribution is 7.18. The minimum absolute atomic E-state index is 0.0348. The molecule has 0 spiro atoms. The zero-order valence-electron chi connectivity index (χ0n) is 14.3. The van der Waals surface area contributed by atoms with Crippen molar-refractivity contribution in [1.82, 2.24) is 4.90 Å². The summed E-state index contributed by atoms with van der Waals surface area (Å²) in [6.07, 6.45) is 2.43. The molecule has 2 rings (SSSR count). The van der Waals surface area contributed by atoms with Crippen molar-refractivity contribution in [2.75, 3.05) is 12.4 Å². The number of hydrogen-bond donors (Lipinski definition) is 1. The van der Waals surface area contributed by atoms with Crippen molar-refractivity contribution in [3.63, 3.8) is 0 Å². The van der Waals surface area contributed by atoms with Crippen LogP contribution in [0.2, 0.25) is 0 Å². The van der Waals surface area contributed by atoms with E-state index in [2.05, 4.69) is 12.2 Å². The molecule has 0 aliphatic heterocycles. The number of amides is 2. The molecule has 0 bridgehead atoms. The Hall–Kier alpha value is -1.36. The number of nitrogens with zero attached hydrogens (tertiary/aromatic N) is 1. The lowest BCUT2D eigenvalue weighted by molar-refractivity contribution is -0.123. The monoisotopic (exact) mass is 322 g/mol. The van der Waals surface area contributed by atoms with Crippen LogP contribution in [0, 0.1) is 18.3 Å². The summed E-state index contributed by atoms with van der Waals surface area (Å²) in [5.74, 6) is 0.667. The normalized spacial score (nSPS) is 16.3. The maximum Gasteiger partial charge on any atom is 0.264 e. The molecule has 5 heteroatoms. The molecule has 1 atom stereocenters. The van der Waals surface area contributed by atoms with Crippen LogP contribution in [0.1, 0.15) is 55.8 Å². The minimum Gasteiger partial charge on any atom is -0.338 e. The van der Waals surface area contributed by atoms with Gasteiger partial charge >= 0.3 is 0 Å². The van der Waals surface area contributed by atoms with Gasteiger partial charge in [0.2, 0.25) is 5.91 Å². The van der Waals surface area contributed by atoms with E-state index >= 15 is 0 Å². The molecule has 1 aliphatic rings. The lowest BCUT2D eigenvalue weighted by Gasteiger charge is -2.24. The van der Waals surface area contributed by atoms with E-state index in [0.29, 0.717) is 5.92 Å². The van der Waals surface area contributed by atoms with Gasteiger partial charge < -0.3 is 10.2 Å². The number of nitrogens with one attached hydrogen (secondary N) is 1. The molecule has 1 saturated carbocycles. The van der Waals surface area contributed by atoms with Gasteiger partial charge in [0.05, 0.1) is 9.88 Å². The van der Waals surface area contributed by atoms with Gasteiger partial charge in [0, 0.05) is 18.5 Å². The highest BCUT2D eigenvalue weighted by atomic mass is 32.1. The number of carbonyl (C=O) groups is 2. The Bertz CT molecular complexity index is 582. The molecular formula is C17H26N2O2S. The van der Waals surface area contributed by atoms with Crippen LogP contribution in [0.15, 0.2) is 6.07 Å². The molecule has 1 heterocycles. The molecule has 1 aliphatic carbocycles. The van der Waals surface area contributed by atoms with Crippen LogP contribution in [0.4, 0.5) is 5.00 Å². The number of rotatable bonds is 4. The molecule has 4 nitrogen and oxygen atoms in total. The van der Waals surface area contributed by atoms with E-state index in [1.807, 2.05) is 45.7 Å². The van der Waals surface area contributed by atoms with E-state index in [-0.39, 0.29) is 17.9 Å². The Morgan fingerprint density at radius 2 is 1.95 bits per heavy atom. The summed E-state index contributed by atoms with van der Waals surface area (Å²) < 4.78 is 0. The summed E-state index contributed by atoms with van der Waals surface area (Å²) in [7, 11) is 1.87. The van der Waals surface area contributed by atoms with Crippen molar-refractivity contribution in [3.05, 3.63) is 16.5 Å². The van der Waals surface area contributed by atoms with Gasteiger partial charge in [0.1, 0.15) is 0 Å². The number of thiophene rings is 1. The summed E-state index contributed by atoms with van der Waals surface area (Å²) >= 11 is 1.37. The molecule has 1 aromatic rings. The van der Waals surface area contributed by atoms with Gasteiger partial charge in [-0.2, -0.15) is 0 Å². The number of anilines is 1. The summed E-state index contributed by atoms with van der Waals surface area (Å²) in [5.41, 5.74) is 0.480. The van der Waals surface area contributed by atoms with Crippen LogP contribution < -0.4 is 5.32 Å². The minimum atomic E-state index is -0.445. The second-order valence-electron chi connectivity index (χ2n) is 7.32. The van der Waals surface area contributed by atoms with Gasteiger partial charge in [0.15, 0.2) is 0 Å². The van der Waals surface area contributed by atoms with E-state index in [9.17, 15) is 9.59 Å². The van der Waals surface area contributed by atoms with Gasteiger partial charge in [0.25, 0.3) is 5.91 Å². The molecule has 0 aromatic carbocycles. The molecule has 1 aromatic heterocycles. The van der Waals surface area contributed by atoms with Gasteiger partial charge in [-0.15, -0.1) is 11.3 Å². The molecule has 0 saturated heterocycles. The van der Waals surface area contributed by atoms with E-state index < -0.39 is 5.41 Å². The lowest BCUT2D eigenvalue weighted by Crippen LogP contribution is -2.36. The lowest BCUT2D eigenvalue weighted by atomic mass is 9.96. The molecule has 1 N–H and O–H groups in total. The first kappa shape index (κ1) is 17.0. The summed E-state index contributed by atoms with van der Waals surface area (Å²) in [4.78, 5) is 27.3. The SMILES string of the molecule is Cc1cc(NC(=O)C(C)(C)C)sc1C(=O)N(C)C(C)C1CC1. The third-order valence-electron chi connectivity index (χ3n) is 4.27. The average Bonchev–Trinajstić information content (AvgIpc) is 3.20. The highest BCUT2D eigenvalue weighted by Gasteiger charge is 2.33. The predicted molar refractivity (Wildman–Crippen MR) is 91.4 cm³/mol. The van der Waals surface area contributed by atoms with E-state index in [0.717, 1.165) is 15.4 Å². The summed E-state index contributed by atoms with van der Waals surface area (Å²) in [5, 5.41) is 3.65. The van der Waals surface area contributed by atoms with Crippen LogP contribution in [0.3, 0.4) is 0 Å². The Morgan fingerprint density at radius 3 is 2.45 bits per heavy atom. The van der Waals surface area contributed by atoms with Crippen molar-refractivity contribution in [2.24, 2.45) is 11.3 Å². The van der Waals surface area contributed by atoms with E-state index in [1.165, 1.54) is 24.2 Å². The van der Waals surface area contributed by atoms with Crippen LogP contribution in [-0.2, 0) is 4.79 Å². The molecule has 1 unspecified atom stereocenters. The van der Waals surface area contributed by atoms with Gasteiger partial charge in [-0.1, -0.05) is 20.8 Å². The largest absolute Gasteiger partial charge is 0.338 e. The molecule has 22 heavy (non-hydrogen) atoms. The fourth-order valence-electron chi connectivity index (χ4n) is 2.30.